The van der Waals surface area contributed by atoms with Gasteiger partial charge in [0.05, 0.1) is 0 Å². The zero-order valence-electron chi connectivity index (χ0n) is 20.3. The molecule has 2 fully saturated rings. The Bertz CT molecular complexity index is 916. The van der Waals surface area contributed by atoms with Gasteiger partial charge in [-0.1, -0.05) is 25.5 Å². The van der Waals surface area contributed by atoms with Gasteiger partial charge in [-0.15, -0.1) is 0 Å². The van der Waals surface area contributed by atoms with Crippen LogP contribution >= 0.6 is 0 Å². The predicted octanol–water partition coefficient (Wildman–Crippen LogP) is 4.58. The highest BCUT2D eigenvalue weighted by atomic mass is 16.6. The minimum absolute atomic E-state index is 0.0738. The highest BCUT2D eigenvalue weighted by Crippen LogP contribution is 2.67. The number of ketones is 2. The van der Waals surface area contributed by atoms with Crippen molar-refractivity contribution < 1.29 is 23.2 Å². The zero-order chi connectivity index (χ0) is 23.0. The summed E-state index contributed by atoms with van der Waals surface area (Å²) in [6, 6.07) is 0. The molecule has 0 radical (unpaired) electrons. The van der Waals surface area contributed by atoms with E-state index in [1.54, 1.807) is 0 Å². The van der Waals surface area contributed by atoms with Gasteiger partial charge in [-0.2, -0.15) is 0 Å². The van der Waals surface area contributed by atoms with E-state index in [0.717, 1.165) is 24.0 Å². The lowest BCUT2D eigenvalue weighted by Crippen LogP contribution is -2.58. The molecule has 4 rings (SSSR count). The molecule has 0 aliphatic heterocycles. The van der Waals surface area contributed by atoms with Gasteiger partial charge in [0.25, 0.3) is 0 Å². The van der Waals surface area contributed by atoms with E-state index in [9.17, 15) is 14.4 Å². The van der Waals surface area contributed by atoms with Crippen LogP contribution in [0.5, 0.6) is 0 Å². The Morgan fingerprint density at radius 3 is 2.57 bits per heavy atom. The molecule has 4 aliphatic carbocycles. The normalized spacial score (nSPS) is 46.6. The van der Waals surface area contributed by atoms with Crippen molar-refractivity contribution in [2.45, 2.75) is 78.7 Å². The summed E-state index contributed by atoms with van der Waals surface area (Å²) in [6.07, 6.45) is 8.10. The van der Waals surface area contributed by atoms with E-state index in [2.05, 4.69) is 19.9 Å². The molecule has 0 amide bonds. The molecule has 0 N–H and O–H groups in total. The average molecular weight is 389 g/mol. The van der Waals surface area contributed by atoms with Crippen LogP contribution in [0.4, 0.5) is 0 Å². The number of hydrogen-bond donors (Lipinski definition) is 0. The Morgan fingerprint density at radius 1 is 1.18 bits per heavy atom. The fraction of sp³-hybridized carbons (Fsp3) is 0.708. The maximum atomic E-state index is 12.9. The summed E-state index contributed by atoms with van der Waals surface area (Å²) in [7, 11) is 0. The number of rotatable bonds is 2. The van der Waals surface area contributed by atoms with Crippen molar-refractivity contribution in [3.05, 3.63) is 23.3 Å². The van der Waals surface area contributed by atoms with E-state index in [4.69, 9.17) is 8.85 Å². The Labute approximate surface area is 172 Å². The van der Waals surface area contributed by atoms with E-state index in [1.807, 2.05) is 13.0 Å². The van der Waals surface area contributed by atoms with Gasteiger partial charge in [0.15, 0.2) is 17.2 Å². The molecule has 0 heterocycles. The quantitative estimate of drug-likeness (QED) is 0.513. The number of carbonyl (C=O) groups excluding carboxylic acids is 3. The topological polar surface area (TPSA) is 60.4 Å². The lowest BCUT2D eigenvalue weighted by atomic mass is 9.47. The van der Waals surface area contributed by atoms with Crippen molar-refractivity contribution in [1.29, 1.82) is 0 Å². The third kappa shape index (κ3) is 2.39. The summed E-state index contributed by atoms with van der Waals surface area (Å²) in [6.45, 7) is 4.87. The zero-order valence-corrected chi connectivity index (χ0v) is 17.3. The first-order valence-corrected chi connectivity index (χ1v) is 10.4. The average Bonchev–Trinajstić information content (AvgIpc) is 2.96. The third-order valence-electron chi connectivity index (χ3n) is 8.78. The number of hydrogen-bond acceptors (Lipinski definition) is 4. The van der Waals surface area contributed by atoms with Crippen LogP contribution in [0.15, 0.2) is 23.3 Å². The summed E-state index contributed by atoms with van der Waals surface area (Å²) in [5.41, 5.74) is 0.198. The minimum Gasteiger partial charge on any atom is -0.451 e. The fourth-order valence-corrected chi connectivity index (χ4v) is 7.39. The monoisotopic (exact) mass is 388 g/mol. The Balaban J connectivity index is 1.76. The molecule has 0 spiro atoms. The highest BCUT2D eigenvalue weighted by Gasteiger charge is 2.67. The smallest absolute Gasteiger partial charge is 0.303 e. The van der Waals surface area contributed by atoms with Gasteiger partial charge in [-0.05, 0) is 80.8 Å². The molecule has 28 heavy (non-hydrogen) atoms. The van der Waals surface area contributed by atoms with Crippen molar-refractivity contribution in [2.24, 2.45) is 28.6 Å². The Hall–Kier alpha value is -1.71. The SMILES string of the molecule is [2H][13C]([2H])([2H])C(=O)O[C@]1(C(C)=O)CC[C@H]2[C@@H]3C=C(C)C4=CC(=O)CC[C@]4(C)[C@H]3CC[C@@]21C. The molecule has 4 nitrogen and oxygen atoms in total. The molecule has 0 aromatic heterocycles. The maximum absolute atomic E-state index is 12.9. The molecule has 4 aliphatic rings. The van der Waals surface area contributed by atoms with E-state index in [0.29, 0.717) is 31.6 Å². The third-order valence-corrected chi connectivity index (χ3v) is 8.78. The number of fused-ring (bicyclic) bond motifs is 5. The first-order chi connectivity index (χ1) is 14.3. The lowest BCUT2D eigenvalue weighted by Gasteiger charge is -2.58. The van der Waals surface area contributed by atoms with Crippen LogP contribution in [0, 0.1) is 28.6 Å². The molecule has 152 valence electrons. The first kappa shape index (κ1) is 16.1. The van der Waals surface area contributed by atoms with E-state index >= 15 is 0 Å². The van der Waals surface area contributed by atoms with Crippen LogP contribution < -0.4 is 0 Å². The number of allylic oxidation sites excluding steroid dienone is 4. The molecule has 0 saturated heterocycles. The van der Waals surface area contributed by atoms with Crippen molar-refractivity contribution in [3.63, 3.8) is 0 Å². The second kappa shape index (κ2) is 6.14. The van der Waals surface area contributed by atoms with Gasteiger partial charge < -0.3 is 4.74 Å². The maximum Gasteiger partial charge on any atom is 0.303 e. The van der Waals surface area contributed by atoms with E-state index < -0.39 is 23.8 Å². The van der Waals surface area contributed by atoms with Crippen LogP contribution in [0.3, 0.4) is 0 Å². The second-order valence-corrected chi connectivity index (χ2v) is 9.85. The van der Waals surface area contributed by atoms with Crippen LogP contribution in [0.1, 0.15) is 77.2 Å². The molecule has 6 atom stereocenters. The van der Waals surface area contributed by atoms with Gasteiger partial charge in [0.2, 0.25) is 0 Å². The molecular weight excluding hydrogens is 353 g/mol. The first-order valence-electron chi connectivity index (χ1n) is 11.9. The summed E-state index contributed by atoms with van der Waals surface area (Å²) in [5, 5.41) is 0. The summed E-state index contributed by atoms with van der Waals surface area (Å²) < 4.78 is 28.0. The van der Waals surface area contributed by atoms with E-state index in [1.165, 1.54) is 6.92 Å². The number of carbonyl (C=O) groups is 3. The summed E-state index contributed by atoms with van der Waals surface area (Å²) in [5.74, 6) is -0.681. The van der Waals surface area contributed by atoms with Crippen molar-refractivity contribution in [2.75, 3.05) is 0 Å². The largest absolute Gasteiger partial charge is 0.451 e. The van der Waals surface area contributed by atoms with Gasteiger partial charge in [0, 0.05) is 22.8 Å². The molecule has 0 unspecified atom stereocenters. The number of ether oxygens (including phenoxy) is 1. The van der Waals surface area contributed by atoms with E-state index in [-0.39, 0.29) is 28.8 Å². The molecule has 0 bridgehead atoms. The summed E-state index contributed by atoms with van der Waals surface area (Å²) in [4.78, 5) is 37.4. The molecule has 0 aromatic carbocycles. The van der Waals surface area contributed by atoms with Crippen LogP contribution in [0.25, 0.3) is 0 Å². The number of Topliss-reactive ketones (excluding diaryl/α,β-unsaturated/α-hetero) is 1. The van der Waals surface area contributed by atoms with Crippen LogP contribution in [-0.4, -0.2) is 23.1 Å². The molecular formula is C24H32O4. The highest BCUT2D eigenvalue weighted by molar-refractivity contribution is 5.92. The Kier molecular flexibility index (Phi) is 3.54. The molecule has 4 heteroatoms. The van der Waals surface area contributed by atoms with Crippen molar-refractivity contribution >= 4 is 17.5 Å². The van der Waals surface area contributed by atoms with Gasteiger partial charge >= 0.3 is 5.97 Å². The lowest BCUT2D eigenvalue weighted by molar-refractivity contribution is -0.185. The van der Waals surface area contributed by atoms with Gasteiger partial charge in [0.1, 0.15) is 0 Å². The number of esters is 1. The summed E-state index contributed by atoms with van der Waals surface area (Å²) >= 11 is 0. The van der Waals surface area contributed by atoms with Gasteiger partial charge in [-0.3, -0.25) is 14.4 Å². The predicted molar refractivity (Wildman–Crippen MR) is 106 cm³/mol. The van der Waals surface area contributed by atoms with Crippen LogP contribution in [0.2, 0.25) is 0 Å². The van der Waals surface area contributed by atoms with Crippen molar-refractivity contribution in [1.82, 2.24) is 0 Å². The standard InChI is InChI=1S/C24H32O4/c1-14-12-18-19(22(4)9-6-17(27)13-21(14)22)7-10-23(5)20(18)8-11-24(23,15(2)25)28-16(3)26/h12-13,18-20H,6-11H2,1-5H3/t18-,19+,20+,22-,23+,24+/m1/s1/i3+1D3. The second-order valence-electron chi connectivity index (χ2n) is 9.85. The fourth-order valence-electron chi connectivity index (χ4n) is 7.39. The molecule has 2 saturated carbocycles. The molecule has 0 aromatic rings. The minimum atomic E-state index is -2.89. The van der Waals surface area contributed by atoms with Crippen molar-refractivity contribution in [3.8, 4) is 0 Å². The van der Waals surface area contributed by atoms with Crippen LogP contribution in [-0.2, 0) is 19.1 Å². The Morgan fingerprint density at radius 2 is 1.89 bits per heavy atom. The van der Waals surface area contributed by atoms with Gasteiger partial charge in [-0.25, -0.2) is 0 Å².